The van der Waals surface area contributed by atoms with E-state index in [0.29, 0.717) is 22.6 Å². The monoisotopic (exact) mass is 420 g/mol. The van der Waals surface area contributed by atoms with Crippen LogP contribution in [0.1, 0.15) is 18.2 Å². The van der Waals surface area contributed by atoms with E-state index in [1.807, 2.05) is 54.6 Å². The quantitative estimate of drug-likeness (QED) is 0.692. The third kappa shape index (κ3) is 2.25. The number of nitrogens with one attached hydrogen (secondary N) is 1. The number of anilines is 2. The highest BCUT2D eigenvalue weighted by Crippen LogP contribution is 2.55. The maximum atomic E-state index is 13.6. The van der Waals surface area contributed by atoms with Crippen molar-refractivity contribution in [2.75, 3.05) is 10.2 Å². The SMILES string of the molecule is Cc1c(N2C(=O)[C@H](C)S[C@]23C(=O)Nc2ccccc23)c(=O)n(-c2ccccc2)n1C. The van der Waals surface area contributed by atoms with Crippen LogP contribution in [0.3, 0.4) is 0 Å². The molecular formula is C22H20N4O3S. The van der Waals surface area contributed by atoms with E-state index in [4.69, 9.17) is 0 Å². The molecule has 7 nitrogen and oxygen atoms in total. The number of carbonyl (C=O) groups excluding carboxylic acids is 2. The summed E-state index contributed by atoms with van der Waals surface area (Å²) in [6, 6.07) is 16.6. The summed E-state index contributed by atoms with van der Waals surface area (Å²) in [6.07, 6.45) is 0. The lowest BCUT2D eigenvalue weighted by Crippen LogP contribution is -2.49. The summed E-state index contributed by atoms with van der Waals surface area (Å²) in [5, 5.41) is 2.43. The van der Waals surface area contributed by atoms with Gasteiger partial charge in [0, 0.05) is 18.3 Å². The van der Waals surface area contributed by atoms with Gasteiger partial charge in [-0.25, -0.2) is 4.68 Å². The van der Waals surface area contributed by atoms with Crippen molar-refractivity contribution in [1.29, 1.82) is 0 Å². The van der Waals surface area contributed by atoms with Gasteiger partial charge < -0.3 is 5.32 Å². The molecular weight excluding hydrogens is 400 g/mol. The van der Waals surface area contributed by atoms with Crippen molar-refractivity contribution >= 4 is 35.0 Å². The molecule has 3 heterocycles. The zero-order valence-electron chi connectivity index (χ0n) is 16.7. The molecule has 0 aliphatic carbocycles. The predicted molar refractivity (Wildman–Crippen MR) is 117 cm³/mol. The first-order valence-electron chi connectivity index (χ1n) is 9.65. The molecule has 2 aliphatic rings. The third-order valence-corrected chi connectivity index (χ3v) is 7.31. The van der Waals surface area contributed by atoms with Gasteiger partial charge in [-0.1, -0.05) is 36.4 Å². The maximum absolute atomic E-state index is 13.6. The van der Waals surface area contributed by atoms with Gasteiger partial charge in [-0.3, -0.25) is 24.0 Å². The van der Waals surface area contributed by atoms with Crippen molar-refractivity contribution in [3.05, 3.63) is 76.2 Å². The normalized spacial score (nSPS) is 22.6. The molecule has 152 valence electrons. The van der Waals surface area contributed by atoms with Gasteiger partial charge in [0.25, 0.3) is 11.5 Å². The standard InChI is InChI=1S/C22H20N4O3S/c1-13-18(20(28)26(24(13)3)15-9-5-4-6-10-15)25-19(27)14(2)30-22(25)16-11-7-8-12-17(16)23-21(22)29/h4-12,14H,1-3H3,(H,23,29)/t14-,22+/m0/s1. The number of thioether (sulfide) groups is 1. The number of fused-ring (bicyclic) bond motifs is 2. The van der Waals surface area contributed by atoms with Gasteiger partial charge >= 0.3 is 0 Å². The Hall–Kier alpha value is -3.26. The van der Waals surface area contributed by atoms with Crippen LogP contribution in [0.5, 0.6) is 0 Å². The number of para-hydroxylation sites is 2. The smallest absolute Gasteiger partial charge is 0.295 e. The topological polar surface area (TPSA) is 76.3 Å². The second-order valence-electron chi connectivity index (χ2n) is 7.49. The van der Waals surface area contributed by atoms with E-state index >= 15 is 0 Å². The summed E-state index contributed by atoms with van der Waals surface area (Å²) in [5.41, 5.74) is 2.57. The molecule has 2 aromatic carbocycles. The fourth-order valence-corrected chi connectivity index (χ4v) is 5.80. The van der Waals surface area contributed by atoms with E-state index < -0.39 is 10.1 Å². The molecule has 2 amide bonds. The number of rotatable bonds is 2. The van der Waals surface area contributed by atoms with Crippen LogP contribution >= 0.6 is 11.8 Å². The molecule has 0 bridgehead atoms. The van der Waals surface area contributed by atoms with Crippen molar-refractivity contribution in [3.8, 4) is 5.69 Å². The molecule has 5 rings (SSSR count). The number of amides is 2. The molecule has 2 aliphatic heterocycles. The van der Waals surface area contributed by atoms with Gasteiger partial charge in [0.05, 0.1) is 16.6 Å². The lowest BCUT2D eigenvalue weighted by Gasteiger charge is -2.31. The molecule has 30 heavy (non-hydrogen) atoms. The van der Waals surface area contributed by atoms with E-state index in [9.17, 15) is 14.4 Å². The number of carbonyl (C=O) groups is 2. The minimum atomic E-state index is -1.30. The van der Waals surface area contributed by atoms with Crippen LogP contribution in [-0.2, 0) is 21.5 Å². The number of hydrogen-bond acceptors (Lipinski definition) is 4. The highest BCUT2D eigenvalue weighted by Gasteiger charge is 2.62. The number of aromatic nitrogens is 2. The Kier molecular flexibility index (Phi) is 3.98. The Morgan fingerprint density at radius 2 is 1.67 bits per heavy atom. The summed E-state index contributed by atoms with van der Waals surface area (Å²) in [6.45, 7) is 3.57. The largest absolute Gasteiger partial charge is 0.323 e. The Balaban J connectivity index is 1.79. The minimum absolute atomic E-state index is 0.232. The van der Waals surface area contributed by atoms with Crippen LogP contribution in [0.25, 0.3) is 5.69 Å². The Morgan fingerprint density at radius 1 is 1.00 bits per heavy atom. The molecule has 2 atom stereocenters. The first-order valence-corrected chi connectivity index (χ1v) is 10.5. The number of benzene rings is 2. The molecule has 0 unspecified atom stereocenters. The van der Waals surface area contributed by atoms with E-state index in [-0.39, 0.29) is 23.1 Å². The van der Waals surface area contributed by atoms with Gasteiger partial charge in [0.2, 0.25) is 10.8 Å². The van der Waals surface area contributed by atoms with Crippen LogP contribution < -0.4 is 15.8 Å². The maximum Gasteiger partial charge on any atom is 0.295 e. The molecule has 8 heteroatoms. The lowest BCUT2D eigenvalue weighted by molar-refractivity contribution is -0.122. The lowest BCUT2D eigenvalue weighted by atomic mass is 10.0. The van der Waals surface area contributed by atoms with Crippen LogP contribution in [0.2, 0.25) is 0 Å². The van der Waals surface area contributed by atoms with Crippen molar-refractivity contribution in [3.63, 3.8) is 0 Å². The van der Waals surface area contributed by atoms with E-state index in [2.05, 4.69) is 5.32 Å². The van der Waals surface area contributed by atoms with E-state index in [1.165, 1.54) is 21.3 Å². The number of nitrogens with zero attached hydrogens (tertiary/aromatic N) is 3. The van der Waals surface area contributed by atoms with Gasteiger partial charge in [-0.2, -0.15) is 0 Å². The zero-order chi connectivity index (χ0) is 21.2. The average Bonchev–Trinajstić information content (AvgIpc) is 3.25. The van der Waals surface area contributed by atoms with Crippen LogP contribution in [-0.4, -0.2) is 26.4 Å². The molecule has 3 aromatic rings. The highest BCUT2D eigenvalue weighted by molar-refractivity contribution is 8.03. The first kappa shape index (κ1) is 18.7. The molecule has 0 radical (unpaired) electrons. The summed E-state index contributed by atoms with van der Waals surface area (Å²) in [4.78, 5) is 40.4. The number of hydrogen-bond donors (Lipinski definition) is 1. The van der Waals surface area contributed by atoms with Crippen LogP contribution in [0.4, 0.5) is 11.4 Å². The van der Waals surface area contributed by atoms with E-state index in [1.54, 1.807) is 25.6 Å². The molecule has 1 saturated heterocycles. The van der Waals surface area contributed by atoms with Gasteiger partial charge in [0.1, 0.15) is 5.69 Å². The Bertz CT molecular complexity index is 1260. The van der Waals surface area contributed by atoms with Crippen molar-refractivity contribution in [1.82, 2.24) is 9.36 Å². The second-order valence-corrected chi connectivity index (χ2v) is 9.02. The highest BCUT2D eigenvalue weighted by atomic mass is 32.2. The molecule has 0 saturated carbocycles. The fourth-order valence-electron chi connectivity index (χ4n) is 4.33. The third-order valence-electron chi connectivity index (χ3n) is 5.83. The van der Waals surface area contributed by atoms with Crippen LogP contribution in [0, 0.1) is 6.92 Å². The summed E-state index contributed by atoms with van der Waals surface area (Å²) in [7, 11) is 1.78. The predicted octanol–water partition coefficient (Wildman–Crippen LogP) is 2.76. The molecule has 1 N–H and O–H groups in total. The molecule has 1 fully saturated rings. The van der Waals surface area contributed by atoms with Gasteiger partial charge in [-0.15, -0.1) is 11.8 Å². The minimum Gasteiger partial charge on any atom is -0.323 e. The Morgan fingerprint density at radius 3 is 2.40 bits per heavy atom. The molecule has 1 spiro atoms. The summed E-state index contributed by atoms with van der Waals surface area (Å²) < 4.78 is 3.25. The van der Waals surface area contributed by atoms with E-state index in [0.717, 1.165) is 0 Å². The Labute approximate surface area is 177 Å². The average molecular weight is 420 g/mol. The second kappa shape index (κ2) is 6.37. The molecule has 1 aromatic heterocycles. The summed E-state index contributed by atoms with van der Waals surface area (Å²) in [5.74, 6) is -0.557. The fraction of sp³-hybridized carbons (Fsp3) is 0.227. The van der Waals surface area contributed by atoms with Crippen LogP contribution in [0.15, 0.2) is 59.4 Å². The van der Waals surface area contributed by atoms with Gasteiger partial charge in [0.15, 0.2) is 0 Å². The van der Waals surface area contributed by atoms with Gasteiger partial charge in [-0.05, 0) is 32.0 Å². The van der Waals surface area contributed by atoms with Crippen molar-refractivity contribution < 1.29 is 9.59 Å². The zero-order valence-corrected chi connectivity index (χ0v) is 17.6. The van der Waals surface area contributed by atoms with Crippen molar-refractivity contribution in [2.45, 2.75) is 24.0 Å². The summed E-state index contributed by atoms with van der Waals surface area (Å²) >= 11 is 1.27. The van der Waals surface area contributed by atoms with Crippen molar-refractivity contribution in [2.24, 2.45) is 7.05 Å². The first-order chi connectivity index (χ1) is 14.4.